The van der Waals surface area contributed by atoms with Crippen molar-refractivity contribution in [2.24, 2.45) is 0 Å². The Kier molecular flexibility index (Phi) is 4.84. The summed E-state index contributed by atoms with van der Waals surface area (Å²) >= 11 is 0. The number of aryl methyl sites for hydroxylation is 1. The van der Waals surface area contributed by atoms with Gasteiger partial charge in [-0.2, -0.15) is 0 Å². The van der Waals surface area contributed by atoms with Gasteiger partial charge in [-0.15, -0.1) is 0 Å². The maximum atomic E-state index is 13.9. The van der Waals surface area contributed by atoms with Crippen LogP contribution in [0.3, 0.4) is 0 Å². The lowest BCUT2D eigenvalue weighted by molar-refractivity contribution is 0.0708. The fraction of sp³-hybridized carbons (Fsp3) is 0.500. The number of aromatic nitrogens is 3. The summed E-state index contributed by atoms with van der Waals surface area (Å²) in [5, 5.41) is 3.73. The van der Waals surface area contributed by atoms with E-state index in [2.05, 4.69) is 15.1 Å². The van der Waals surface area contributed by atoms with Crippen LogP contribution in [-0.4, -0.2) is 63.2 Å². The first-order valence-corrected chi connectivity index (χ1v) is 7.83. The minimum atomic E-state index is -0.893. The predicted octanol–water partition coefficient (Wildman–Crippen LogP) is 1.46. The molecule has 2 aromatic rings. The summed E-state index contributed by atoms with van der Waals surface area (Å²) < 4.78 is 18.9. The Labute approximate surface area is 139 Å². The molecule has 0 saturated carbocycles. The quantitative estimate of drug-likeness (QED) is 0.824. The zero-order valence-electron chi connectivity index (χ0n) is 13.7. The minimum absolute atomic E-state index is 0.0572. The number of likely N-dealkylation sites (tertiary alicyclic amines) is 1. The molecule has 0 radical (unpaired) electrons. The van der Waals surface area contributed by atoms with Gasteiger partial charge in [0.25, 0.3) is 5.91 Å². The Balaban J connectivity index is 1.64. The van der Waals surface area contributed by atoms with Crippen LogP contribution in [0.5, 0.6) is 0 Å². The molecule has 1 fully saturated rings. The molecule has 1 saturated heterocycles. The van der Waals surface area contributed by atoms with E-state index < -0.39 is 6.17 Å². The molecule has 0 N–H and O–H groups in total. The van der Waals surface area contributed by atoms with E-state index in [4.69, 9.17) is 4.52 Å². The smallest absolute Gasteiger partial charge is 0.292 e. The number of likely N-dealkylation sites (N-methyl/N-ethyl adjacent to an activating group) is 1. The molecule has 0 unspecified atom stereocenters. The number of amides is 1. The van der Waals surface area contributed by atoms with Gasteiger partial charge < -0.3 is 9.42 Å². The fourth-order valence-electron chi connectivity index (χ4n) is 3.00. The first-order valence-electron chi connectivity index (χ1n) is 7.83. The van der Waals surface area contributed by atoms with Crippen LogP contribution in [0, 0.1) is 6.92 Å². The normalized spacial score (nSPS) is 21.1. The molecule has 0 aliphatic carbocycles. The average molecular weight is 333 g/mol. The third-order valence-corrected chi connectivity index (χ3v) is 4.15. The zero-order chi connectivity index (χ0) is 17.1. The van der Waals surface area contributed by atoms with Crippen LogP contribution in [0.2, 0.25) is 0 Å². The molecule has 2 atom stereocenters. The molecular formula is C16H20FN5O2. The Morgan fingerprint density at radius 1 is 1.46 bits per heavy atom. The first-order chi connectivity index (χ1) is 11.5. The van der Waals surface area contributed by atoms with Gasteiger partial charge in [-0.25, -0.2) is 14.4 Å². The van der Waals surface area contributed by atoms with E-state index in [1.54, 1.807) is 37.3 Å². The van der Waals surface area contributed by atoms with Gasteiger partial charge in [0, 0.05) is 56.7 Å². The van der Waals surface area contributed by atoms with Crippen molar-refractivity contribution in [1.29, 1.82) is 0 Å². The summed E-state index contributed by atoms with van der Waals surface area (Å²) in [7, 11) is 1.69. The lowest BCUT2D eigenvalue weighted by Crippen LogP contribution is -2.40. The maximum absolute atomic E-state index is 13.9. The van der Waals surface area contributed by atoms with Gasteiger partial charge in [0.15, 0.2) is 0 Å². The molecule has 3 heterocycles. The minimum Gasteiger partial charge on any atom is -0.351 e. The molecule has 2 aromatic heterocycles. The van der Waals surface area contributed by atoms with Crippen LogP contribution in [0.4, 0.5) is 4.39 Å². The lowest BCUT2D eigenvalue weighted by Gasteiger charge is -2.27. The van der Waals surface area contributed by atoms with Gasteiger partial charge in [0.1, 0.15) is 12.5 Å². The topological polar surface area (TPSA) is 75.4 Å². The Morgan fingerprint density at radius 2 is 2.21 bits per heavy atom. The highest BCUT2D eigenvalue weighted by atomic mass is 19.1. The van der Waals surface area contributed by atoms with E-state index in [1.807, 2.05) is 4.90 Å². The second-order valence-corrected chi connectivity index (χ2v) is 6.18. The second kappa shape index (κ2) is 7.04. The summed E-state index contributed by atoms with van der Waals surface area (Å²) in [5.74, 6) is -0.0475. The summed E-state index contributed by atoms with van der Waals surface area (Å²) in [6.45, 7) is 3.10. The van der Waals surface area contributed by atoms with Gasteiger partial charge in [-0.3, -0.25) is 9.69 Å². The van der Waals surface area contributed by atoms with E-state index in [0.717, 1.165) is 5.56 Å². The maximum Gasteiger partial charge on any atom is 0.292 e. The van der Waals surface area contributed by atoms with Gasteiger partial charge in [-0.05, 0) is 13.3 Å². The molecule has 0 spiro atoms. The van der Waals surface area contributed by atoms with Crippen LogP contribution in [0.1, 0.15) is 28.2 Å². The number of alkyl halides is 1. The largest absolute Gasteiger partial charge is 0.351 e. The van der Waals surface area contributed by atoms with E-state index in [9.17, 15) is 9.18 Å². The molecule has 128 valence electrons. The number of carbonyl (C=O) groups excluding carboxylic acids is 1. The van der Waals surface area contributed by atoms with Crippen molar-refractivity contribution in [1.82, 2.24) is 24.9 Å². The van der Waals surface area contributed by atoms with E-state index in [0.29, 0.717) is 31.7 Å². The number of nitrogens with zero attached hydrogens (tertiary/aromatic N) is 5. The number of hydrogen-bond donors (Lipinski definition) is 0. The molecular weight excluding hydrogens is 313 g/mol. The van der Waals surface area contributed by atoms with Crippen molar-refractivity contribution in [3.05, 3.63) is 41.8 Å². The lowest BCUT2D eigenvalue weighted by atomic mass is 10.2. The third kappa shape index (κ3) is 3.76. The predicted molar refractivity (Wildman–Crippen MR) is 83.9 cm³/mol. The molecule has 24 heavy (non-hydrogen) atoms. The molecule has 1 amide bonds. The number of carbonyl (C=O) groups is 1. The highest BCUT2D eigenvalue weighted by molar-refractivity contribution is 5.91. The van der Waals surface area contributed by atoms with Crippen molar-refractivity contribution < 1.29 is 13.7 Å². The van der Waals surface area contributed by atoms with Crippen molar-refractivity contribution in [3.8, 4) is 0 Å². The van der Waals surface area contributed by atoms with Crippen LogP contribution in [-0.2, 0) is 6.54 Å². The van der Waals surface area contributed by atoms with Crippen molar-refractivity contribution in [2.75, 3.05) is 20.1 Å². The summed E-state index contributed by atoms with van der Waals surface area (Å²) in [6, 6.07) is 1.54. The molecule has 1 aliphatic rings. The monoisotopic (exact) mass is 333 g/mol. The summed E-state index contributed by atoms with van der Waals surface area (Å²) in [4.78, 5) is 23.9. The number of hydrogen-bond acceptors (Lipinski definition) is 6. The molecule has 0 aromatic carbocycles. The van der Waals surface area contributed by atoms with Crippen molar-refractivity contribution >= 4 is 5.91 Å². The SMILES string of the molecule is Cc1cc(C(=O)N(C)C[C@@H]2C[C@H](F)CN2Cc2cncnc2)on1. The Bertz CT molecular complexity index is 693. The molecule has 1 aliphatic heterocycles. The van der Waals surface area contributed by atoms with Gasteiger partial charge >= 0.3 is 0 Å². The average Bonchev–Trinajstić information content (AvgIpc) is 3.13. The van der Waals surface area contributed by atoms with Crippen LogP contribution < -0.4 is 0 Å². The fourth-order valence-corrected chi connectivity index (χ4v) is 3.00. The molecule has 7 nitrogen and oxygen atoms in total. The van der Waals surface area contributed by atoms with Gasteiger partial charge in [-0.1, -0.05) is 5.16 Å². The van der Waals surface area contributed by atoms with Gasteiger partial charge in [0.2, 0.25) is 5.76 Å². The van der Waals surface area contributed by atoms with Gasteiger partial charge in [0.05, 0.1) is 5.69 Å². The number of rotatable bonds is 5. The van der Waals surface area contributed by atoms with Crippen LogP contribution in [0.25, 0.3) is 0 Å². The standard InChI is InChI=1S/C16H20FN5O2/c1-11-3-15(24-20-11)16(23)21(2)9-14-4-13(17)8-22(14)7-12-5-18-10-19-6-12/h3,5-6,10,13-14H,4,7-9H2,1-2H3/t13-,14-/m0/s1. The zero-order valence-corrected chi connectivity index (χ0v) is 13.7. The van der Waals surface area contributed by atoms with E-state index >= 15 is 0 Å². The Morgan fingerprint density at radius 3 is 2.88 bits per heavy atom. The van der Waals surface area contributed by atoms with Crippen LogP contribution in [0.15, 0.2) is 29.3 Å². The second-order valence-electron chi connectivity index (χ2n) is 6.18. The van der Waals surface area contributed by atoms with Crippen LogP contribution >= 0.6 is 0 Å². The summed E-state index contributed by atoms with van der Waals surface area (Å²) in [6.07, 6.45) is 4.43. The first kappa shape index (κ1) is 16.5. The number of halogens is 1. The third-order valence-electron chi connectivity index (χ3n) is 4.15. The molecule has 8 heteroatoms. The van der Waals surface area contributed by atoms with Crippen molar-refractivity contribution in [2.45, 2.75) is 32.1 Å². The molecule has 0 bridgehead atoms. The summed E-state index contributed by atoms with van der Waals surface area (Å²) in [5.41, 5.74) is 1.58. The van der Waals surface area contributed by atoms with E-state index in [-0.39, 0.29) is 17.7 Å². The Hall–Kier alpha value is -2.35. The highest BCUT2D eigenvalue weighted by Gasteiger charge is 2.34. The highest BCUT2D eigenvalue weighted by Crippen LogP contribution is 2.23. The van der Waals surface area contributed by atoms with E-state index in [1.165, 1.54) is 6.33 Å². The van der Waals surface area contributed by atoms with Crippen molar-refractivity contribution in [3.63, 3.8) is 0 Å². The molecule has 3 rings (SSSR count).